The minimum atomic E-state index is -0.0871. The average Bonchev–Trinajstić information content (AvgIpc) is 2.80. The van der Waals surface area contributed by atoms with Crippen molar-refractivity contribution in [1.29, 1.82) is 0 Å². The number of fused-ring (bicyclic) bond motifs is 1. The number of anilines is 1. The van der Waals surface area contributed by atoms with E-state index in [0.29, 0.717) is 18.5 Å². The molecule has 3 rings (SSSR count). The summed E-state index contributed by atoms with van der Waals surface area (Å²) < 4.78 is 2.01. The molecular formula is C17H17N3O2. The summed E-state index contributed by atoms with van der Waals surface area (Å²) in [7, 11) is 0. The van der Waals surface area contributed by atoms with Crippen molar-refractivity contribution in [3.8, 4) is 5.75 Å². The summed E-state index contributed by atoms with van der Waals surface area (Å²) >= 11 is 0. The highest BCUT2D eigenvalue weighted by molar-refractivity contribution is 5.91. The number of amides is 1. The highest BCUT2D eigenvalue weighted by Crippen LogP contribution is 2.17. The molecule has 0 saturated heterocycles. The Kier molecular flexibility index (Phi) is 3.78. The molecule has 0 bridgehead atoms. The highest BCUT2D eigenvalue weighted by atomic mass is 16.3. The van der Waals surface area contributed by atoms with Crippen LogP contribution in [-0.2, 0) is 11.2 Å². The number of benzene rings is 1. The fraction of sp³-hybridized carbons (Fsp3) is 0.176. The number of carbonyl (C=O) groups excluding carboxylic acids is 1. The van der Waals surface area contributed by atoms with Gasteiger partial charge in [-0.25, -0.2) is 4.98 Å². The van der Waals surface area contributed by atoms with E-state index in [9.17, 15) is 9.90 Å². The molecule has 112 valence electrons. The molecule has 0 spiro atoms. The first-order valence-corrected chi connectivity index (χ1v) is 7.15. The summed E-state index contributed by atoms with van der Waals surface area (Å²) in [6.07, 6.45) is 2.93. The number of hydrogen-bond donors (Lipinski definition) is 2. The van der Waals surface area contributed by atoms with Gasteiger partial charge in [-0.1, -0.05) is 12.1 Å². The molecule has 0 aliphatic rings. The Morgan fingerprint density at radius 1 is 1.27 bits per heavy atom. The Hall–Kier alpha value is -2.82. The largest absolute Gasteiger partial charge is 0.508 e. The van der Waals surface area contributed by atoms with Crippen molar-refractivity contribution < 1.29 is 9.90 Å². The van der Waals surface area contributed by atoms with Crippen molar-refractivity contribution in [2.45, 2.75) is 19.8 Å². The lowest BCUT2D eigenvalue weighted by Gasteiger charge is -2.06. The molecule has 3 aromatic rings. The first kappa shape index (κ1) is 14.1. The maximum Gasteiger partial charge on any atom is 0.224 e. The zero-order valence-corrected chi connectivity index (χ0v) is 12.3. The van der Waals surface area contributed by atoms with Crippen LogP contribution in [-0.4, -0.2) is 20.4 Å². The van der Waals surface area contributed by atoms with Gasteiger partial charge in [-0.05, 0) is 37.6 Å². The zero-order chi connectivity index (χ0) is 15.5. The number of carbonyl (C=O) groups is 1. The van der Waals surface area contributed by atoms with Crippen molar-refractivity contribution in [3.63, 3.8) is 0 Å². The number of nitrogens with one attached hydrogen (secondary N) is 1. The summed E-state index contributed by atoms with van der Waals surface area (Å²) in [6.45, 7) is 1.95. The smallest absolute Gasteiger partial charge is 0.224 e. The first-order valence-electron chi connectivity index (χ1n) is 7.15. The fourth-order valence-corrected chi connectivity index (χ4v) is 2.50. The van der Waals surface area contributed by atoms with Gasteiger partial charge in [0.2, 0.25) is 5.91 Å². The van der Waals surface area contributed by atoms with Gasteiger partial charge < -0.3 is 14.8 Å². The Morgan fingerprint density at radius 3 is 2.95 bits per heavy atom. The Balaban J connectivity index is 1.69. The van der Waals surface area contributed by atoms with Crippen molar-refractivity contribution in [1.82, 2.24) is 9.38 Å². The molecule has 1 aromatic carbocycles. The van der Waals surface area contributed by atoms with Crippen LogP contribution >= 0.6 is 0 Å². The molecule has 0 aliphatic heterocycles. The van der Waals surface area contributed by atoms with E-state index in [0.717, 1.165) is 17.0 Å². The Bertz CT molecular complexity index is 824. The van der Waals surface area contributed by atoms with Crippen LogP contribution in [0.5, 0.6) is 5.75 Å². The van der Waals surface area contributed by atoms with E-state index in [2.05, 4.69) is 10.3 Å². The van der Waals surface area contributed by atoms with Crippen LogP contribution in [0.4, 0.5) is 5.69 Å². The number of rotatable bonds is 4. The fourth-order valence-electron chi connectivity index (χ4n) is 2.50. The summed E-state index contributed by atoms with van der Waals surface area (Å²) in [6, 6.07) is 12.4. The maximum atomic E-state index is 12.0. The van der Waals surface area contributed by atoms with Gasteiger partial charge in [-0.2, -0.15) is 0 Å². The summed E-state index contributed by atoms with van der Waals surface area (Å²) in [5, 5.41) is 12.2. The third kappa shape index (κ3) is 2.93. The number of aromatic nitrogens is 2. The molecular weight excluding hydrogens is 278 g/mol. The second-order valence-electron chi connectivity index (χ2n) is 5.17. The van der Waals surface area contributed by atoms with Crippen LogP contribution in [0.15, 0.2) is 48.7 Å². The normalized spacial score (nSPS) is 10.8. The second kappa shape index (κ2) is 5.89. The van der Waals surface area contributed by atoms with Gasteiger partial charge in [0.05, 0.1) is 5.69 Å². The number of aryl methyl sites for hydroxylation is 2. The quantitative estimate of drug-likeness (QED) is 0.777. The van der Waals surface area contributed by atoms with E-state index >= 15 is 0 Å². The molecule has 0 saturated carbocycles. The number of phenols is 1. The topological polar surface area (TPSA) is 66.6 Å². The second-order valence-corrected chi connectivity index (χ2v) is 5.17. The molecule has 0 aliphatic carbocycles. The van der Waals surface area contributed by atoms with E-state index < -0.39 is 0 Å². The third-order valence-electron chi connectivity index (χ3n) is 3.55. The third-order valence-corrected chi connectivity index (χ3v) is 3.55. The molecule has 2 aromatic heterocycles. The predicted octanol–water partition coefficient (Wildman–Crippen LogP) is 2.92. The first-order chi connectivity index (χ1) is 10.6. The van der Waals surface area contributed by atoms with E-state index in [-0.39, 0.29) is 11.7 Å². The van der Waals surface area contributed by atoms with Crippen LogP contribution < -0.4 is 5.32 Å². The maximum absolute atomic E-state index is 12.0. The molecule has 1 amide bonds. The standard InChI is InChI=1S/C17H17N3O2/c1-12-15(20-10-3-2-7-16(20)18-12)8-9-17(22)19-13-5-4-6-14(21)11-13/h2-7,10-11,21H,8-9H2,1H3,(H,19,22). The van der Waals surface area contributed by atoms with E-state index in [4.69, 9.17) is 0 Å². The summed E-state index contributed by atoms with van der Waals surface area (Å²) in [4.78, 5) is 16.5. The van der Waals surface area contributed by atoms with E-state index in [1.54, 1.807) is 18.2 Å². The van der Waals surface area contributed by atoms with Gasteiger partial charge >= 0.3 is 0 Å². The van der Waals surface area contributed by atoms with E-state index in [1.165, 1.54) is 6.07 Å². The van der Waals surface area contributed by atoms with Gasteiger partial charge in [0.1, 0.15) is 11.4 Å². The highest BCUT2D eigenvalue weighted by Gasteiger charge is 2.10. The van der Waals surface area contributed by atoms with Gasteiger partial charge in [0, 0.05) is 30.1 Å². The number of hydrogen-bond acceptors (Lipinski definition) is 3. The number of aromatic hydroxyl groups is 1. The van der Waals surface area contributed by atoms with Crippen LogP contribution in [0.2, 0.25) is 0 Å². The average molecular weight is 295 g/mol. The SMILES string of the molecule is Cc1nc2ccccn2c1CCC(=O)Nc1cccc(O)c1. The van der Waals surface area contributed by atoms with Crippen molar-refractivity contribution >= 4 is 17.2 Å². The van der Waals surface area contributed by atoms with Crippen molar-refractivity contribution in [2.24, 2.45) is 0 Å². The van der Waals surface area contributed by atoms with Crippen LogP contribution in [0.3, 0.4) is 0 Å². The molecule has 0 radical (unpaired) electrons. The molecule has 0 unspecified atom stereocenters. The molecule has 2 heterocycles. The van der Waals surface area contributed by atoms with E-state index in [1.807, 2.05) is 35.7 Å². The van der Waals surface area contributed by atoms with Crippen molar-refractivity contribution in [2.75, 3.05) is 5.32 Å². The lowest BCUT2D eigenvalue weighted by atomic mass is 10.2. The van der Waals surface area contributed by atoms with Crippen LogP contribution in [0.25, 0.3) is 5.65 Å². The molecule has 0 atom stereocenters. The molecule has 22 heavy (non-hydrogen) atoms. The number of imidazole rings is 1. The monoisotopic (exact) mass is 295 g/mol. The number of nitrogens with zero attached hydrogens (tertiary/aromatic N) is 2. The van der Waals surface area contributed by atoms with Gasteiger partial charge in [-0.3, -0.25) is 4.79 Å². The molecule has 2 N–H and O–H groups in total. The van der Waals surface area contributed by atoms with Gasteiger partial charge in [-0.15, -0.1) is 0 Å². The minimum Gasteiger partial charge on any atom is -0.508 e. The van der Waals surface area contributed by atoms with Crippen LogP contribution in [0.1, 0.15) is 17.8 Å². The predicted molar refractivity (Wildman–Crippen MR) is 85.0 cm³/mol. The Morgan fingerprint density at radius 2 is 2.14 bits per heavy atom. The molecule has 5 nitrogen and oxygen atoms in total. The lowest BCUT2D eigenvalue weighted by molar-refractivity contribution is -0.116. The summed E-state index contributed by atoms with van der Waals surface area (Å²) in [5.74, 6) is 0.0475. The minimum absolute atomic E-state index is 0.0871. The zero-order valence-electron chi connectivity index (χ0n) is 12.3. The van der Waals surface area contributed by atoms with Gasteiger partial charge in [0.25, 0.3) is 0 Å². The summed E-state index contributed by atoms with van der Waals surface area (Å²) in [5.41, 5.74) is 3.47. The Labute approximate surface area is 128 Å². The molecule has 5 heteroatoms. The van der Waals surface area contributed by atoms with Crippen molar-refractivity contribution in [3.05, 3.63) is 60.0 Å². The van der Waals surface area contributed by atoms with Crippen LogP contribution in [0, 0.1) is 6.92 Å². The number of phenolic OH excluding ortho intramolecular Hbond substituents is 1. The number of pyridine rings is 1. The lowest BCUT2D eigenvalue weighted by Crippen LogP contribution is -2.13. The van der Waals surface area contributed by atoms with Gasteiger partial charge in [0.15, 0.2) is 0 Å². The molecule has 0 fully saturated rings.